The van der Waals surface area contributed by atoms with Crippen LogP contribution >= 0.6 is 0 Å². The van der Waals surface area contributed by atoms with Crippen molar-refractivity contribution in [1.82, 2.24) is 9.97 Å². The Morgan fingerprint density at radius 2 is 1.86 bits per heavy atom. The summed E-state index contributed by atoms with van der Waals surface area (Å²) in [7, 11) is 0. The molecule has 0 amide bonds. The Morgan fingerprint density at radius 1 is 1.18 bits per heavy atom. The molecule has 0 bridgehead atoms. The Balaban J connectivity index is 2.01. The number of aliphatic hydroxyl groups is 1. The maximum Gasteiger partial charge on any atom is 0.433 e. The lowest BCUT2D eigenvalue weighted by atomic mass is 10.0. The van der Waals surface area contributed by atoms with Gasteiger partial charge in [0.1, 0.15) is 5.69 Å². The van der Waals surface area contributed by atoms with Crippen LogP contribution < -0.4 is 5.32 Å². The van der Waals surface area contributed by atoms with E-state index in [4.69, 9.17) is 0 Å². The van der Waals surface area contributed by atoms with Gasteiger partial charge in [-0.05, 0) is 18.6 Å². The van der Waals surface area contributed by atoms with E-state index in [2.05, 4.69) is 15.3 Å². The average Bonchev–Trinajstić information content (AvgIpc) is 2.47. The first kappa shape index (κ1) is 16.2. The molecule has 2 N–H and O–H groups in total. The highest BCUT2D eigenvalue weighted by Crippen LogP contribution is 2.27. The number of halogens is 3. The SMILES string of the molecule is C[C@@H](Nc1nccc(C(F)(F)F)n1)[C@@H](O)Cc1ccccc1. The lowest BCUT2D eigenvalue weighted by Gasteiger charge is -2.20. The third kappa shape index (κ3) is 4.42. The number of anilines is 1. The summed E-state index contributed by atoms with van der Waals surface area (Å²) in [5, 5.41) is 12.8. The summed E-state index contributed by atoms with van der Waals surface area (Å²) in [6.45, 7) is 1.66. The first-order valence-electron chi connectivity index (χ1n) is 6.75. The molecule has 1 heterocycles. The van der Waals surface area contributed by atoms with Gasteiger partial charge in [-0.3, -0.25) is 0 Å². The van der Waals surface area contributed by atoms with Crippen LogP contribution in [-0.4, -0.2) is 27.2 Å². The molecule has 4 nitrogen and oxygen atoms in total. The van der Waals surface area contributed by atoms with Gasteiger partial charge in [-0.25, -0.2) is 9.97 Å². The number of benzene rings is 1. The summed E-state index contributed by atoms with van der Waals surface area (Å²) in [4.78, 5) is 7.16. The minimum Gasteiger partial charge on any atom is -0.391 e. The largest absolute Gasteiger partial charge is 0.433 e. The lowest BCUT2D eigenvalue weighted by Crippen LogP contribution is -2.33. The summed E-state index contributed by atoms with van der Waals surface area (Å²) in [5.41, 5.74) is -0.0802. The van der Waals surface area contributed by atoms with Crippen LogP contribution in [0.3, 0.4) is 0 Å². The van der Waals surface area contributed by atoms with Crippen molar-refractivity contribution in [3.05, 3.63) is 53.9 Å². The standard InChI is InChI=1S/C15H16F3N3O/c1-10(12(22)9-11-5-3-2-4-6-11)20-14-19-8-7-13(21-14)15(16,17)18/h2-8,10,12,22H,9H2,1H3,(H,19,20,21)/t10-,12+/m1/s1. The van der Waals surface area contributed by atoms with Gasteiger partial charge >= 0.3 is 6.18 Å². The van der Waals surface area contributed by atoms with Crippen molar-refractivity contribution in [1.29, 1.82) is 0 Å². The number of rotatable bonds is 5. The lowest BCUT2D eigenvalue weighted by molar-refractivity contribution is -0.141. The van der Waals surface area contributed by atoms with Crippen LogP contribution in [0.25, 0.3) is 0 Å². The van der Waals surface area contributed by atoms with E-state index >= 15 is 0 Å². The number of aliphatic hydroxyl groups excluding tert-OH is 1. The van der Waals surface area contributed by atoms with Crippen LogP contribution in [0.2, 0.25) is 0 Å². The average molecular weight is 311 g/mol. The number of hydrogen-bond acceptors (Lipinski definition) is 4. The maximum atomic E-state index is 12.6. The quantitative estimate of drug-likeness (QED) is 0.891. The van der Waals surface area contributed by atoms with Gasteiger partial charge in [0.05, 0.1) is 12.1 Å². The fraction of sp³-hybridized carbons (Fsp3) is 0.333. The van der Waals surface area contributed by atoms with Gasteiger partial charge in [0.25, 0.3) is 0 Å². The molecular weight excluding hydrogens is 295 g/mol. The number of nitrogens with one attached hydrogen (secondary N) is 1. The molecule has 2 atom stereocenters. The Morgan fingerprint density at radius 3 is 2.50 bits per heavy atom. The van der Waals surface area contributed by atoms with E-state index in [1.807, 2.05) is 30.3 Å². The summed E-state index contributed by atoms with van der Waals surface area (Å²) >= 11 is 0. The number of nitrogens with zero attached hydrogens (tertiary/aromatic N) is 2. The van der Waals surface area contributed by atoms with E-state index in [-0.39, 0.29) is 5.95 Å². The molecule has 0 unspecified atom stereocenters. The van der Waals surface area contributed by atoms with Crippen LogP contribution in [0.1, 0.15) is 18.2 Å². The van der Waals surface area contributed by atoms with Crippen molar-refractivity contribution in [2.45, 2.75) is 31.7 Å². The van der Waals surface area contributed by atoms with Gasteiger partial charge in [-0.2, -0.15) is 13.2 Å². The Hall–Kier alpha value is -2.15. The first-order valence-corrected chi connectivity index (χ1v) is 6.75. The van der Waals surface area contributed by atoms with E-state index < -0.39 is 24.0 Å². The van der Waals surface area contributed by atoms with Crippen LogP contribution in [0.5, 0.6) is 0 Å². The molecule has 2 rings (SSSR count). The number of alkyl halides is 3. The van der Waals surface area contributed by atoms with Crippen LogP contribution in [0.4, 0.5) is 19.1 Å². The van der Waals surface area contributed by atoms with E-state index in [0.717, 1.165) is 17.8 Å². The molecule has 118 valence electrons. The molecule has 0 radical (unpaired) electrons. The van der Waals surface area contributed by atoms with Crippen molar-refractivity contribution in [3.8, 4) is 0 Å². The highest BCUT2D eigenvalue weighted by atomic mass is 19.4. The third-order valence-corrected chi connectivity index (χ3v) is 3.17. The van der Waals surface area contributed by atoms with Gasteiger partial charge in [-0.1, -0.05) is 30.3 Å². The Kier molecular flexibility index (Phi) is 4.97. The molecular formula is C15H16F3N3O. The molecule has 7 heteroatoms. The minimum atomic E-state index is -4.52. The molecule has 0 fully saturated rings. The fourth-order valence-corrected chi connectivity index (χ4v) is 1.92. The van der Waals surface area contributed by atoms with E-state index in [0.29, 0.717) is 6.42 Å². The predicted molar refractivity (Wildman–Crippen MR) is 76.3 cm³/mol. The van der Waals surface area contributed by atoms with E-state index in [1.54, 1.807) is 6.92 Å². The second-order valence-electron chi connectivity index (χ2n) is 4.95. The molecule has 22 heavy (non-hydrogen) atoms. The van der Waals surface area contributed by atoms with E-state index in [9.17, 15) is 18.3 Å². The maximum absolute atomic E-state index is 12.6. The normalized spacial score (nSPS) is 14.4. The zero-order chi connectivity index (χ0) is 16.2. The van der Waals surface area contributed by atoms with Gasteiger partial charge < -0.3 is 10.4 Å². The molecule has 1 aromatic heterocycles. The molecule has 0 spiro atoms. The minimum absolute atomic E-state index is 0.158. The van der Waals surface area contributed by atoms with Crippen LogP contribution in [-0.2, 0) is 12.6 Å². The van der Waals surface area contributed by atoms with Gasteiger partial charge in [0, 0.05) is 12.6 Å². The van der Waals surface area contributed by atoms with Crippen molar-refractivity contribution < 1.29 is 18.3 Å². The molecule has 0 aliphatic carbocycles. The topological polar surface area (TPSA) is 58.0 Å². The van der Waals surface area contributed by atoms with Crippen LogP contribution in [0, 0.1) is 0 Å². The van der Waals surface area contributed by atoms with Crippen molar-refractivity contribution in [3.63, 3.8) is 0 Å². The number of hydrogen-bond donors (Lipinski definition) is 2. The molecule has 2 aromatic rings. The Labute approximate surface area is 126 Å². The van der Waals surface area contributed by atoms with E-state index in [1.165, 1.54) is 0 Å². The summed E-state index contributed by atoms with van der Waals surface area (Å²) in [6, 6.07) is 9.63. The predicted octanol–water partition coefficient (Wildman–Crippen LogP) is 2.90. The zero-order valence-corrected chi connectivity index (χ0v) is 11.9. The van der Waals surface area contributed by atoms with Gasteiger partial charge in [0.15, 0.2) is 0 Å². The molecule has 0 aliphatic rings. The molecule has 0 saturated heterocycles. The second-order valence-corrected chi connectivity index (χ2v) is 4.95. The van der Waals surface area contributed by atoms with Crippen molar-refractivity contribution in [2.24, 2.45) is 0 Å². The smallest absolute Gasteiger partial charge is 0.391 e. The van der Waals surface area contributed by atoms with Gasteiger partial charge in [0.2, 0.25) is 5.95 Å². The summed E-state index contributed by atoms with van der Waals surface area (Å²) < 4.78 is 37.8. The first-order chi connectivity index (χ1) is 10.4. The fourth-order valence-electron chi connectivity index (χ4n) is 1.92. The summed E-state index contributed by atoms with van der Waals surface area (Å²) in [5.74, 6) is -0.158. The monoisotopic (exact) mass is 311 g/mol. The molecule has 0 saturated carbocycles. The third-order valence-electron chi connectivity index (χ3n) is 3.17. The Bertz CT molecular complexity index is 604. The zero-order valence-electron chi connectivity index (χ0n) is 11.9. The summed E-state index contributed by atoms with van der Waals surface area (Å²) in [6.07, 6.45) is -3.88. The highest BCUT2D eigenvalue weighted by molar-refractivity contribution is 5.28. The van der Waals surface area contributed by atoms with Crippen molar-refractivity contribution >= 4 is 5.95 Å². The molecule has 1 aromatic carbocycles. The highest BCUT2D eigenvalue weighted by Gasteiger charge is 2.33. The van der Waals surface area contributed by atoms with Crippen molar-refractivity contribution in [2.75, 3.05) is 5.32 Å². The second kappa shape index (κ2) is 6.74. The molecule has 0 aliphatic heterocycles. The van der Waals surface area contributed by atoms with Gasteiger partial charge in [-0.15, -0.1) is 0 Å². The van der Waals surface area contributed by atoms with Crippen LogP contribution in [0.15, 0.2) is 42.6 Å². The number of aromatic nitrogens is 2.